The fourth-order valence-corrected chi connectivity index (χ4v) is 2.90. The summed E-state index contributed by atoms with van der Waals surface area (Å²) in [4.78, 5) is 11.1. The van der Waals surface area contributed by atoms with Crippen LogP contribution in [-0.4, -0.2) is 30.6 Å². The number of carbonyl (C=O) groups is 1. The first-order chi connectivity index (χ1) is 9.51. The highest BCUT2D eigenvalue weighted by atomic mass is 32.2. The molecule has 0 spiro atoms. The zero-order valence-corrected chi connectivity index (χ0v) is 14.0. The van der Waals surface area contributed by atoms with Gasteiger partial charge in [-0.05, 0) is 24.3 Å². The summed E-state index contributed by atoms with van der Waals surface area (Å²) in [5, 5.41) is 9.07. The average Bonchev–Trinajstić information content (AvgIpc) is 2.81. The van der Waals surface area contributed by atoms with E-state index in [9.17, 15) is 13.2 Å². The summed E-state index contributed by atoms with van der Waals surface area (Å²) in [5.74, 6) is -0.823. The molecule has 2 N–H and O–H groups in total. The lowest BCUT2D eigenvalue weighted by molar-refractivity contribution is 0.0685. The largest absolute Gasteiger partial charge is 0.477 e. The van der Waals surface area contributed by atoms with Crippen molar-refractivity contribution in [3.05, 3.63) is 18.0 Å². The second kappa shape index (κ2) is 6.19. The Bertz CT molecular complexity index is 615. The molecule has 21 heavy (non-hydrogen) atoms. The highest BCUT2D eigenvalue weighted by Gasteiger charge is 2.27. The minimum absolute atomic E-state index is 0.0127. The Morgan fingerprint density at radius 1 is 1.43 bits per heavy atom. The second-order valence-electron chi connectivity index (χ2n) is 6.12. The van der Waals surface area contributed by atoms with E-state index in [0.717, 1.165) is 0 Å². The topological polar surface area (TPSA) is 88.4 Å². The van der Waals surface area contributed by atoms with Gasteiger partial charge in [0.25, 0.3) is 0 Å². The molecule has 1 aromatic heterocycles. The first-order valence-corrected chi connectivity index (χ1v) is 8.42. The van der Waals surface area contributed by atoms with Gasteiger partial charge < -0.3 is 9.67 Å². The lowest BCUT2D eigenvalue weighted by Gasteiger charge is -2.29. The minimum Gasteiger partial charge on any atom is -0.477 e. The Kier molecular flexibility index (Phi) is 5.22. The first-order valence-electron chi connectivity index (χ1n) is 6.94. The Balaban J connectivity index is 3.01. The van der Waals surface area contributed by atoms with E-state index in [2.05, 4.69) is 4.72 Å². The van der Waals surface area contributed by atoms with E-state index in [-0.39, 0.29) is 16.0 Å². The summed E-state index contributed by atoms with van der Waals surface area (Å²) in [6.07, 6.45) is 1.36. The molecular formula is C14H24N2O4S. The number of hydrogen-bond donors (Lipinski definition) is 2. The van der Waals surface area contributed by atoms with Crippen LogP contribution in [-0.2, 0) is 16.6 Å². The number of aromatic carboxylic acids is 1. The predicted octanol–water partition coefficient (Wildman–Crippen LogP) is 2.17. The molecular weight excluding hydrogens is 292 g/mol. The summed E-state index contributed by atoms with van der Waals surface area (Å²) in [6, 6.07) is 1.19. The molecule has 0 atom stereocenters. The standard InChI is InChI=1S/C14H24N2O4S/c1-6-16-8-11(7-12(16)13(17)18)21(19,20)15-9-14(4,5)10(2)3/h7-8,10,15H,6,9H2,1-5H3,(H,17,18). The van der Waals surface area contributed by atoms with E-state index >= 15 is 0 Å². The number of hydrogen-bond acceptors (Lipinski definition) is 3. The molecule has 0 fully saturated rings. The fourth-order valence-electron chi connectivity index (χ4n) is 1.64. The molecule has 7 heteroatoms. The van der Waals surface area contributed by atoms with Crippen LogP contribution < -0.4 is 4.72 Å². The van der Waals surface area contributed by atoms with Gasteiger partial charge in [-0.15, -0.1) is 0 Å². The SMILES string of the molecule is CCn1cc(S(=O)(=O)NCC(C)(C)C(C)C)cc1C(=O)O. The molecule has 1 aromatic rings. The smallest absolute Gasteiger partial charge is 0.352 e. The molecule has 0 radical (unpaired) electrons. The van der Waals surface area contributed by atoms with Crippen molar-refractivity contribution in [1.82, 2.24) is 9.29 Å². The number of rotatable bonds is 7. The Labute approximate surface area is 126 Å². The van der Waals surface area contributed by atoms with Crippen molar-refractivity contribution in [3.8, 4) is 0 Å². The summed E-state index contributed by atoms with van der Waals surface area (Å²) >= 11 is 0. The molecule has 1 rings (SSSR count). The van der Waals surface area contributed by atoms with E-state index in [1.807, 2.05) is 27.7 Å². The monoisotopic (exact) mass is 316 g/mol. The van der Waals surface area contributed by atoms with Crippen LogP contribution in [0, 0.1) is 11.3 Å². The first kappa shape index (κ1) is 17.7. The van der Waals surface area contributed by atoms with Crippen LogP contribution in [0.3, 0.4) is 0 Å². The maximum atomic E-state index is 12.3. The summed E-state index contributed by atoms with van der Waals surface area (Å²) in [5.41, 5.74) is -0.211. The van der Waals surface area contributed by atoms with Crippen LogP contribution in [0.15, 0.2) is 17.2 Å². The van der Waals surface area contributed by atoms with Gasteiger partial charge in [0.15, 0.2) is 0 Å². The highest BCUT2D eigenvalue weighted by Crippen LogP contribution is 2.25. The van der Waals surface area contributed by atoms with E-state index < -0.39 is 16.0 Å². The zero-order valence-electron chi connectivity index (χ0n) is 13.2. The number of carboxylic acids is 1. The molecule has 120 valence electrons. The number of aryl methyl sites for hydroxylation is 1. The molecule has 1 heterocycles. The maximum absolute atomic E-state index is 12.3. The molecule has 0 aliphatic carbocycles. The Morgan fingerprint density at radius 2 is 2.00 bits per heavy atom. The number of sulfonamides is 1. The van der Waals surface area contributed by atoms with Crippen molar-refractivity contribution in [2.75, 3.05) is 6.54 Å². The normalized spacial score (nSPS) is 12.9. The molecule has 0 unspecified atom stereocenters. The summed E-state index contributed by atoms with van der Waals surface area (Å²) < 4.78 is 28.5. The highest BCUT2D eigenvalue weighted by molar-refractivity contribution is 7.89. The third kappa shape index (κ3) is 4.07. The van der Waals surface area contributed by atoms with Gasteiger partial charge in [0.05, 0.1) is 0 Å². The van der Waals surface area contributed by atoms with E-state index in [0.29, 0.717) is 19.0 Å². The van der Waals surface area contributed by atoms with Crippen molar-refractivity contribution < 1.29 is 18.3 Å². The number of carboxylic acid groups (broad SMARTS) is 1. The van der Waals surface area contributed by atoms with Gasteiger partial charge in [0.2, 0.25) is 10.0 Å². The van der Waals surface area contributed by atoms with Gasteiger partial charge in [0.1, 0.15) is 10.6 Å². The number of nitrogens with zero attached hydrogens (tertiary/aromatic N) is 1. The molecule has 6 nitrogen and oxygen atoms in total. The minimum atomic E-state index is -3.71. The summed E-state index contributed by atoms with van der Waals surface area (Å²) in [7, 11) is -3.71. The molecule has 0 bridgehead atoms. The van der Waals surface area contributed by atoms with Crippen LogP contribution >= 0.6 is 0 Å². The van der Waals surface area contributed by atoms with Crippen molar-refractivity contribution in [3.63, 3.8) is 0 Å². The Morgan fingerprint density at radius 3 is 2.38 bits per heavy atom. The van der Waals surface area contributed by atoms with Crippen LogP contribution in [0.2, 0.25) is 0 Å². The van der Waals surface area contributed by atoms with Gasteiger partial charge in [-0.25, -0.2) is 17.9 Å². The lowest BCUT2D eigenvalue weighted by Crippen LogP contribution is -2.36. The average molecular weight is 316 g/mol. The van der Waals surface area contributed by atoms with Crippen LogP contribution in [0.5, 0.6) is 0 Å². The second-order valence-corrected chi connectivity index (χ2v) is 7.89. The molecule has 0 amide bonds. The third-order valence-electron chi connectivity index (χ3n) is 4.02. The molecule has 0 aliphatic rings. The molecule has 0 saturated heterocycles. The third-order valence-corrected chi connectivity index (χ3v) is 5.39. The van der Waals surface area contributed by atoms with Gasteiger partial charge >= 0.3 is 5.97 Å². The predicted molar refractivity (Wildman–Crippen MR) is 80.9 cm³/mol. The number of aromatic nitrogens is 1. The zero-order chi connectivity index (χ0) is 16.4. The van der Waals surface area contributed by atoms with Gasteiger partial charge in [-0.3, -0.25) is 0 Å². The van der Waals surface area contributed by atoms with E-state index in [1.165, 1.54) is 16.8 Å². The van der Waals surface area contributed by atoms with Crippen molar-refractivity contribution in [1.29, 1.82) is 0 Å². The van der Waals surface area contributed by atoms with Gasteiger partial charge in [-0.2, -0.15) is 0 Å². The van der Waals surface area contributed by atoms with Gasteiger partial charge in [0, 0.05) is 19.3 Å². The van der Waals surface area contributed by atoms with E-state index in [1.54, 1.807) is 6.92 Å². The summed E-state index contributed by atoms with van der Waals surface area (Å²) in [6.45, 7) is 10.5. The maximum Gasteiger partial charge on any atom is 0.352 e. The Hall–Kier alpha value is -1.34. The van der Waals surface area contributed by atoms with Crippen LogP contribution in [0.4, 0.5) is 0 Å². The van der Waals surface area contributed by atoms with Crippen molar-refractivity contribution in [2.24, 2.45) is 11.3 Å². The molecule has 0 aliphatic heterocycles. The quantitative estimate of drug-likeness (QED) is 0.807. The fraction of sp³-hybridized carbons (Fsp3) is 0.643. The lowest BCUT2D eigenvalue weighted by atomic mass is 9.81. The molecule has 0 saturated carbocycles. The van der Waals surface area contributed by atoms with Crippen LogP contribution in [0.1, 0.15) is 45.1 Å². The van der Waals surface area contributed by atoms with Crippen molar-refractivity contribution >= 4 is 16.0 Å². The molecule has 0 aromatic carbocycles. The number of nitrogens with one attached hydrogen (secondary N) is 1. The van der Waals surface area contributed by atoms with Gasteiger partial charge in [-0.1, -0.05) is 27.7 Å². The van der Waals surface area contributed by atoms with E-state index in [4.69, 9.17) is 5.11 Å². The van der Waals surface area contributed by atoms with Crippen molar-refractivity contribution in [2.45, 2.75) is 46.1 Å². The van der Waals surface area contributed by atoms with Crippen LogP contribution in [0.25, 0.3) is 0 Å².